The Morgan fingerprint density at radius 3 is 3.21 bits per heavy atom. The molecule has 2 N–H and O–H groups in total. The fourth-order valence-electron chi connectivity index (χ4n) is 2.18. The van der Waals surface area contributed by atoms with Crippen LogP contribution in [0.4, 0.5) is 0 Å². The highest BCUT2D eigenvalue weighted by Crippen LogP contribution is 2.33. The van der Waals surface area contributed by atoms with Crippen LogP contribution in [0.2, 0.25) is 0 Å². The number of ether oxygens (including phenoxy) is 1. The zero-order valence-electron chi connectivity index (χ0n) is 10.8. The van der Waals surface area contributed by atoms with Crippen LogP contribution >= 0.6 is 0 Å². The summed E-state index contributed by atoms with van der Waals surface area (Å²) in [4.78, 5) is 11.6. The number of aliphatic hydroxyl groups is 1. The number of aliphatic hydroxyl groups excluding tert-OH is 1. The van der Waals surface area contributed by atoms with Gasteiger partial charge in [-0.2, -0.15) is 0 Å². The maximum absolute atomic E-state index is 11.6. The molecule has 1 aliphatic rings. The number of fused-ring (bicyclic) bond motifs is 1. The molecule has 0 saturated heterocycles. The van der Waals surface area contributed by atoms with Crippen LogP contribution in [-0.4, -0.2) is 23.7 Å². The Labute approximate surface area is 112 Å². The molecule has 0 radical (unpaired) electrons. The zero-order chi connectivity index (χ0) is 13.8. The molecule has 0 heterocycles. The summed E-state index contributed by atoms with van der Waals surface area (Å²) in [5.74, 6) is 2.74. The maximum atomic E-state index is 11.6. The Bertz CT molecular complexity index is 519. The largest absolute Gasteiger partial charge is 0.481 e. The molecule has 1 amide bonds. The molecule has 2 rings (SSSR count). The van der Waals surface area contributed by atoms with E-state index in [-0.39, 0.29) is 18.6 Å². The average Bonchev–Trinajstić information content (AvgIpc) is 2.77. The molecule has 1 aliphatic carbocycles. The first kappa shape index (κ1) is 13.4. The van der Waals surface area contributed by atoms with Crippen LogP contribution in [0.25, 0.3) is 0 Å². The van der Waals surface area contributed by atoms with E-state index in [2.05, 4.69) is 11.2 Å². The second-order valence-corrected chi connectivity index (χ2v) is 4.60. The third kappa shape index (κ3) is 3.07. The van der Waals surface area contributed by atoms with E-state index in [0.29, 0.717) is 5.75 Å². The molecule has 2 atom stereocenters. The lowest BCUT2D eigenvalue weighted by Gasteiger charge is -2.15. The second-order valence-electron chi connectivity index (χ2n) is 4.60. The van der Waals surface area contributed by atoms with E-state index in [1.165, 1.54) is 0 Å². The van der Waals surface area contributed by atoms with Gasteiger partial charge in [0, 0.05) is 0 Å². The third-order valence-electron chi connectivity index (χ3n) is 3.21. The molecule has 1 aromatic rings. The van der Waals surface area contributed by atoms with E-state index < -0.39 is 6.10 Å². The van der Waals surface area contributed by atoms with Gasteiger partial charge in [-0.25, -0.2) is 0 Å². The molecule has 1 aromatic carbocycles. The highest BCUT2D eigenvalue weighted by molar-refractivity contribution is 5.80. The molecular formula is C15H17NO3. The highest BCUT2D eigenvalue weighted by Gasteiger charge is 2.21. The van der Waals surface area contributed by atoms with Crippen molar-refractivity contribution in [3.8, 4) is 18.1 Å². The molecule has 0 aromatic heterocycles. The summed E-state index contributed by atoms with van der Waals surface area (Å²) < 4.78 is 5.57. The van der Waals surface area contributed by atoms with E-state index in [9.17, 15) is 9.90 Å². The Balaban J connectivity index is 2.00. The molecular weight excluding hydrogens is 242 g/mol. The van der Waals surface area contributed by atoms with Crippen LogP contribution < -0.4 is 10.1 Å². The monoisotopic (exact) mass is 259 g/mol. The van der Waals surface area contributed by atoms with E-state index in [1.807, 2.05) is 12.1 Å². The predicted octanol–water partition coefficient (Wildman–Crippen LogP) is 1.18. The Morgan fingerprint density at radius 1 is 1.68 bits per heavy atom. The van der Waals surface area contributed by atoms with Gasteiger partial charge in [-0.15, -0.1) is 6.42 Å². The smallest absolute Gasteiger partial charge is 0.261 e. The molecule has 1 unspecified atom stereocenters. The SMILES string of the molecule is C#CCNC(=O)C(C)Oc1ccc2c(c1)CC[C@@H]2O. The normalized spacial score (nSPS) is 18.3. The summed E-state index contributed by atoms with van der Waals surface area (Å²) in [5, 5.41) is 12.3. The van der Waals surface area contributed by atoms with Crippen molar-refractivity contribution in [3.05, 3.63) is 29.3 Å². The minimum absolute atomic E-state index is 0.197. The average molecular weight is 259 g/mol. The summed E-state index contributed by atoms with van der Waals surface area (Å²) in [7, 11) is 0. The first-order chi connectivity index (χ1) is 9.11. The number of benzene rings is 1. The van der Waals surface area contributed by atoms with Gasteiger partial charge in [0.25, 0.3) is 5.91 Å². The number of amides is 1. The van der Waals surface area contributed by atoms with Crippen LogP contribution in [0, 0.1) is 12.3 Å². The maximum Gasteiger partial charge on any atom is 0.261 e. The number of carbonyl (C=O) groups is 1. The molecule has 19 heavy (non-hydrogen) atoms. The summed E-state index contributed by atoms with van der Waals surface area (Å²) in [6.07, 6.45) is 5.69. The zero-order valence-corrected chi connectivity index (χ0v) is 10.8. The van der Waals surface area contributed by atoms with Crippen molar-refractivity contribution in [2.24, 2.45) is 0 Å². The predicted molar refractivity (Wildman–Crippen MR) is 71.7 cm³/mol. The molecule has 0 saturated carbocycles. The first-order valence-corrected chi connectivity index (χ1v) is 6.30. The third-order valence-corrected chi connectivity index (χ3v) is 3.21. The standard InChI is InChI=1S/C15H17NO3/c1-3-8-16-15(18)10(2)19-12-5-6-13-11(9-12)4-7-14(13)17/h1,5-6,9-10,14,17H,4,7-8H2,2H3,(H,16,18)/t10?,14-/m0/s1. The van der Waals surface area contributed by atoms with E-state index in [0.717, 1.165) is 24.0 Å². The van der Waals surface area contributed by atoms with Crippen LogP contribution in [0.1, 0.15) is 30.6 Å². The minimum atomic E-state index is -0.599. The lowest BCUT2D eigenvalue weighted by atomic mass is 10.1. The van der Waals surface area contributed by atoms with Gasteiger partial charge in [0.15, 0.2) is 6.10 Å². The van der Waals surface area contributed by atoms with Crippen molar-refractivity contribution in [1.82, 2.24) is 5.32 Å². The Morgan fingerprint density at radius 2 is 2.47 bits per heavy atom. The second kappa shape index (κ2) is 5.77. The number of hydrogen-bond donors (Lipinski definition) is 2. The lowest BCUT2D eigenvalue weighted by molar-refractivity contribution is -0.126. The van der Waals surface area contributed by atoms with Gasteiger partial charge >= 0.3 is 0 Å². The molecule has 0 aliphatic heterocycles. The summed E-state index contributed by atoms with van der Waals surface area (Å²) in [6, 6.07) is 5.52. The van der Waals surface area contributed by atoms with Crippen molar-refractivity contribution in [2.75, 3.05) is 6.54 Å². The number of carbonyl (C=O) groups excluding carboxylic acids is 1. The molecule has 4 nitrogen and oxygen atoms in total. The van der Waals surface area contributed by atoms with Crippen LogP contribution in [0.15, 0.2) is 18.2 Å². The number of nitrogens with one attached hydrogen (secondary N) is 1. The molecule has 0 fully saturated rings. The lowest BCUT2D eigenvalue weighted by Crippen LogP contribution is -2.36. The molecule has 0 bridgehead atoms. The van der Waals surface area contributed by atoms with Crippen LogP contribution in [0.3, 0.4) is 0 Å². The fourth-order valence-corrected chi connectivity index (χ4v) is 2.18. The topological polar surface area (TPSA) is 58.6 Å². The van der Waals surface area contributed by atoms with Gasteiger partial charge in [0.05, 0.1) is 12.6 Å². The number of terminal acetylenes is 1. The summed E-state index contributed by atoms with van der Waals surface area (Å²) in [5.41, 5.74) is 2.04. The molecule has 0 spiro atoms. The van der Waals surface area contributed by atoms with Crippen molar-refractivity contribution < 1.29 is 14.6 Å². The van der Waals surface area contributed by atoms with E-state index in [4.69, 9.17) is 11.2 Å². The van der Waals surface area contributed by atoms with Crippen molar-refractivity contribution >= 4 is 5.91 Å². The Hall–Kier alpha value is -1.99. The van der Waals surface area contributed by atoms with E-state index >= 15 is 0 Å². The van der Waals surface area contributed by atoms with Gasteiger partial charge in [0.2, 0.25) is 0 Å². The van der Waals surface area contributed by atoms with Gasteiger partial charge in [-0.05, 0) is 43.0 Å². The molecule has 4 heteroatoms. The van der Waals surface area contributed by atoms with Crippen LogP contribution in [0.5, 0.6) is 5.75 Å². The molecule has 100 valence electrons. The highest BCUT2D eigenvalue weighted by atomic mass is 16.5. The summed E-state index contributed by atoms with van der Waals surface area (Å²) in [6.45, 7) is 1.87. The number of aryl methyl sites for hydroxylation is 1. The van der Waals surface area contributed by atoms with Gasteiger partial charge in [-0.1, -0.05) is 12.0 Å². The Kier molecular flexibility index (Phi) is 4.08. The fraction of sp³-hybridized carbons (Fsp3) is 0.400. The van der Waals surface area contributed by atoms with Crippen molar-refractivity contribution in [1.29, 1.82) is 0 Å². The van der Waals surface area contributed by atoms with Crippen molar-refractivity contribution in [2.45, 2.75) is 32.0 Å². The quantitative estimate of drug-likeness (QED) is 0.798. The van der Waals surface area contributed by atoms with Gasteiger partial charge in [0.1, 0.15) is 5.75 Å². The van der Waals surface area contributed by atoms with Crippen molar-refractivity contribution in [3.63, 3.8) is 0 Å². The first-order valence-electron chi connectivity index (χ1n) is 6.30. The summed E-state index contributed by atoms with van der Waals surface area (Å²) >= 11 is 0. The van der Waals surface area contributed by atoms with Crippen LogP contribution in [-0.2, 0) is 11.2 Å². The number of rotatable bonds is 4. The minimum Gasteiger partial charge on any atom is -0.481 e. The van der Waals surface area contributed by atoms with Gasteiger partial charge < -0.3 is 15.2 Å². The van der Waals surface area contributed by atoms with Gasteiger partial charge in [-0.3, -0.25) is 4.79 Å². The number of hydrogen-bond acceptors (Lipinski definition) is 3. The van der Waals surface area contributed by atoms with E-state index in [1.54, 1.807) is 13.0 Å².